The molecule has 82 valence electrons. The predicted molar refractivity (Wildman–Crippen MR) is 64.4 cm³/mol. The zero-order valence-electron chi connectivity index (χ0n) is 8.57. The summed E-state index contributed by atoms with van der Waals surface area (Å²) in [6.07, 6.45) is 0.217. The molecule has 1 heterocycles. The monoisotopic (exact) mass is 224 g/mol. The number of hydrogen-bond acceptors (Lipinski definition) is 4. The van der Waals surface area contributed by atoms with Crippen LogP contribution in [0.4, 0.5) is 5.69 Å². The lowest BCUT2D eigenvalue weighted by Crippen LogP contribution is -2.22. The summed E-state index contributed by atoms with van der Waals surface area (Å²) in [5, 5.41) is 12.8. The van der Waals surface area contributed by atoms with E-state index in [-0.39, 0.29) is 0 Å². The van der Waals surface area contributed by atoms with Crippen molar-refractivity contribution >= 4 is 17.4 Å². The van der Waals surface area contributed by atoms with E-state index in [1.165, 1.54) is 10.6 Å². The largest absolute Gasteiger partial charge is 0.391 e. The first-order chi connectivity index (χ1) is 7.29. The Labute approximate surface area is 94.1 Å². The van der Waals surface area contributed by atoms with Gasteiger partial charge in [0.1, 0.15) is 0 Å². The van der Waals surface area contributed by atoms with E-state index >= 15 is 0 Å². The molecule has 1 aromatic carbocycles. The molecule has 4 N–H and O–H groups in total. The molecule has 1 atom stereocenters. The van der Waals surface area contributed by atoms with E-state index in [4.69, 9.17) is 5.73 Å². The second kappa shape index (κ2) is 4.88. The van der Waals surface area contributed by atoms with Crippen LogP contribution in [0.5, 0.6) is 0 Å². The fourth-order valence-corrected chi connectivity index (χ4v) is 2.62. The SMILES string of the molecule is NCC(O)Cc1ccc2c(c1)SCCN2. The average molecular weight is 224 g/mol. The zero-order valence-corrected chi connectivity index (χ0v) is 9.39. The summed E-state index contributed by atoms with van der Waals surface area (Å²) in [7, 11) is 0. The van der Waals surface area contributed by atoms with Gasteiger partial charge in [0.2, 0.25) is 0 Å². The third kappa shape index (κ3) is 2.65. The molecule has 1 aliphatic heterocycles. The maximum Gasteiger partial charge on any atom is 0.0702 e. The molecule has 1 aliphatic rings. The molecule has 1 unspecified atom stereocenters. The summed E-state index contributed by atoms with van der Waals surface area (Å²) in [4.78, 5) is 1.28. The Morgan fingerprint density at radius 2 is 2.40 bits per heavy atom. The van der Waals surface area contributed by atoms with E-state index in [2.05, 4.69) is 23.5 Å². The van der Waals surface area contributed by atoms with Gasteiger partial charge in [-0.1, -0.05) is 6.07 Å². The number of hydrogen-bond donors (Lipinski definition) is 3. The van der Waals surface area contributed by atoms with E-state index in [1.54, 1.807) is 0 Å². The molecule has 0 saturated heterocycles. The number of nitrogens with one attached hydrogen (secondary N) is 1. The van der Waals surface area contributed by atoms with Crippen LogP contribution in [0.15, 0.2) is 23.1 Å². The molecule has 3 nitrogen and oxygen atoms in total. The topological polar surface area (TPSA) is 58.3 Å². The first kappa shape index (κ1) is 10.8. The van der Waals surface area contributed by atoms with Crippen LogP contribution in [-0.4, -0.2) is 30.1 Å². The van der Waals surface area contributed by atoms with Gasteiger partial charge in [0.15, 0.2) is 0 Å². The molecule has 0 aromatic heterocycles. The van der Waals surface area contributed by atoms with Crippen molar-refractivity contribution in [3.05, 3.63) is 23.8 Å². The number of nitrogens with two attached hydrogens (primary N) is 1. The van der Waals surface area contributed by atoms with Crippen LogP contribution in [0.3, 0.4) is 0 Å². The molecule has 1 aromatic rings. The lowest BCUT2D eigenvalue weighted by Gasteiger charge is -2.18. The van der Waals surface area contributed by atoms with E-state index in [1.807, 2.05) is 11.8 Å². The normalized spacial score (nSPS) is 16.7. The molecule has 15 heavy (non-hydrogen) atoms. The van der Waals surface area contributed by atoms with Gasteiger partial charge < -0.3 is 16.2 Å². The summed E-state index contributed by atoms with van der Waals surface area (Å²) in [5.41, 5.74) is 7.75. The minimum absolute atomic E-state index is 0.322. The first-order valence-corrected chi connectivity index (χ1v) is 6.16. The summed E-state index contributed by atoms with van der Waals surface area (Å²) >= 11 is 1.86. The van der Waals surface area contributed by atoms with Crippen LogP contribution < -0.4 is 11.1 Å². The number of rotatable bonds is 3. The van der Waals surface area contributed by atoms with Crippen molar-refractivity contribution in [2.45, 2.75) is 17.4 Å². The van der Waals surface area contributed by atoms with Crippen molar-refractivity contribution in [3.8, 4) is 0 Å². The van der Waals surface area contributed by atoms with Crippen LogP contribution in [0.25, 0.3) is 0 Å². The molecule has 2 rings (SSSR count). The summed E-state index contributed by atoms with van der Waals surface area (Å²) in [5.74, 6) is 1.11. The Kier molecular flexibility index (Phi) is 3.51. The second-order valence-corrected chi connectivity index (χ2v) is 4.84. The molecular formula is C11H16N2OS. The van der Waals surface area contributed by atoms with Crippen molar-refractivity contribution in [1.82, 2.24) is 0 Å². The molecule has 0 fully saturated rings. The lowest BCUT2D eigenvalue weighted by atomic mass is 10.1. The lowest BCUT2D eigenvalue weighted by molar-refractivity contribution is 0.183. The van der Waals surface area contributed by atoms with Gasteiger partial charge in [-0.15, -0.1) is 11.8 Å². The molecular weight excluding hydrogens is 208 g/mol. The molecule has 4 heteroatoms. The molecule has 0 spiro atoms. The standard InChI is InChI=1S/C11H16N2OS/c12-7-9(14)5-8-1-2-10-11(6-8)15-4-3-13-10/h1-2,6,9,13-14H,3-5,7,12H2. The smallest absolute Gasteiger partial charge is 0.0702 e. The highest BCUT2D eigenvalue weighted by Gasteiger charge is 2.10. The van der Waals surface area contributed by atoms with E-state index in [9.17, 15) is 5.11 Å². The predicted octanol–water partition coefficient (Wildman–Crippen LogP) is 1.07. The Morgan fingerprint density at radius 1 is 1.53 bits per heavy atom. The van der Waals surface area contributed by atoms with Gasteiger partial charge in [0.05, 0.1) is 6.10 Å². The highest BCUT2D eigenvalue weighted by atomic mass is 32.2. The molecule has 0 aliphatic carbocycles. The van der Waals surface area contributed by atoms with Gasteiger partial charge in [-0.05, 0) is 24.1 Å². The number of fused-ring (bicyclic) bond motifs is 1. The van der Waals surface area contributed by atoms with E-state index in [0.717, 1.165) is 17.9 Å². The van der Waals surface area contributed by atoms with Gasteiger partial charge >= 0.3 is 0 Å². The minimum Gasteiger partial charge on any atom is -0.391 e. The fraction of sp³-hybridized carbons (Fsp3) is 0.455. The maximum atomic E-state index is 9.47. The van der Waals surface area contributed by atoms with Crippen LogP contribution >= 0.6 is 11.8 Å². The average Bonchev–Trinajstić information content (AvgIpc) is 2.29. The van der Waals surface area contributed by atoms with Crippen molar-refractivity contribution in [3.63, 3.8) is 0 Å². The third-order valence-corrected chi connectivity index (χ3v) is 3.52. The van der Waals surface area contributed by atoms with Crippen molar-refractivity contribution in [2.75, 3.05) is 24.2 Å². The highest BCUT2D eigenvalue weighted by Crippen LogP contribution is 2.31. The molecule has 0 amide bonds. The van der Waals surface area contributed by atoms with E-state index in [0.29, 0.717) is 13.0 Å². The number of benzene rings is 1. The van der Waals surface area contributed by atoms with Crippen LogP contribution in [0.1, 0.15) is 5.56 Å². The van der Waals surface area contributed by atoms with Gasteiger partial charge in [-0.2, -0.15) is 0 Å². The molecule has 0 bridgehead atoms. The van der Waals surface area contributed by atoms with Crippen LogP contribution in [0, 0.1) is 0 Å². The Balaban J connectivity index is 2.13. The van der Waals surface area contributed by atoms with Gasteiger partial charge in [0, 0.05) is 29.4 Å². The van der Waals surface area contributed by atoms with Crippen molar-refractivity contribution in [2.24, 2.45) is 5.73 Å². The molecule has 0 radical (unpaired) electrons. The minimum atomic E-state index is -0.426. The van der Waals surface area contributed by atoms with Gasteiger partial charge in [0.25, 0.3) is 0 Å². The van der Waals surface area contributed by atoms with Gasteiger partial charge in [-0.3, -0.25) is 0 Å². The second-order valence-electron chi connectivity index (χ2n) is 3.70. The number of thioether (sulfide) groups is 1. The number of aliphatic hydroxyl groups excluding tert-OH is 1. The maximum absolute atomic E-state index is 9.47. The Morgan fingerprint density at radius 3 is 3.20 bits per heavy atom. The summed E-state index contributed by atoms with van der Waals surface area (Å²) in [6.45, 7) is 1.35. The van der Waals surface area contributed by atoms with Crippen molar-refractivity contribution < 1.29 is 5.11 Å². The quantitative estimate of drug-likeness (QED) is 0.719. The summed E-state index contributed by atoms with van der Waals surface area (Å²) in [6, 6.07) is 6.28. The summed E-state index contributed by atoms with van der Waals surface area (Å²) < 4.78 is 0. The van der Waals surface area contributed by atoms with Gasteiger partial charge in [-0.25, -0.2) is 0 Å². The van der Waals surface area contributed by atoms with E-state index < -0.39 is 6.10 Å². The third-order valence-electron chi connectivity index (χ3n) is 2.46. The first-order valence-electron chi connectivity index (χ1n) is 5.17. The molecule has 0 saturated carbocycles. The van der Waals surface area contributed by atoms with Crippen LogP contribution in [0.2, 0.25) is 0 Å². The highest BCUT2D eigenvalue weighted by molar-refractivity contribution is 7.99. The Bertz CT molecular complexity index is 343. The van der Waals surface area contributed by atoms with Crippen LogP contribution in [-0.2, 0) is 6.42 Å². The zero-order chi connectivity index (χ0) is 10.7. The van der Waals surface area contributed by atoms with Crippen molar-refractivity contribution in [1.29, 1.82) is 0 Å². The fourth-order valence-electron chi connectivity index (χ4n) is 1.66. The number of anilines is 1. The number of aliphatic hydroxyl groups is 1. The Hall–Kier alpha value is -0.710.